The van der Waals surface area contributed by atoms with Gasteiger partial charge in [0.05, 0.1) is 5.69 Å². The van der Waals surface area contributed by atoms with E-state index in [-0.39, 0.29) is 5.56 Å². The van der Waals surface area contributed by atoms with Crippen LogP contribution in [0.25, 0.3) is 0 Å². The third-order valence-electron chi connectivity index (χ3n) is 1.92. The maximum atomic E-state index is 10.8. The van der Waals surface area contributed by atoms with Crippen molar-refractivity contribution in [2.24, 2.45) is 0 Å². The molecule has 0 aromatic carbocycles. The van der Waals surface area contributed by atoms with E-state index >= 15 is 0 Å². The molecule has 0 fully saturated rings. The first-order valence-electron chi connectivity index (χ1n) is 4.88. The molecule has 84 valence electrons. The Bertz CT molecular complexity index is 421. The Balaban J connectivity index is 2.52. The van der Waals surface area contributed by atoms with Crippen molar-refractivity contribution in [3.8, 4) is 11.8 Å². The van der Waals surface area contributed by atoms with Gasteiger partial charge in [-0.1, -0.05) is 0 Å². The van der Waals surface area contributed by atoms with Crippen molar-refractivity contribution in [3.05, 3.63) is 23.8 Å². The summed E-state index contributed by atoms with van der Waals surface area (Å²) in [6, 6.07) is 0. The second-order valence-corrected chi connectivity index (χ2v) is 3.04. The number of aromatic nitrogens is 2. The minimum atomic E-state index is -1.01. The molecule has 0 bridgehead atoms. The van der Waals surface area contributed by atoms with Crippen LogP contribution in [-0.4, -0.2) is 27.6 Å². The molecular formula is C11H13N3O2. The van der Waals surface area contributed by atoms with Crippen LogP contribution in [0.2, 0.25) is 0 Å². The average Bonchev–Trinajstić information content (AvgIpc) is 2.29. The van der Waals surface area contributed by atoms with Crippen LogP contribution in [0.15, 0.2) is 12.5 Å². The number of rotatable bonds is 5. The predicted molar refractivity (Wildman–Crippen MR) is 58.8 cm³/mol. The number of aromatic carboxylic acids is 1. The van der Waals surface area contributed by atoms with Gasteiger partial charge < -0.3 is 10.4 Å². The number of carboxylic acids is 1. The van der Waals surface area contributed by atoms with E-state index in [2.05, 4.69) is 27.1 Å². The van der Waals surface area contributed by atoms with Crippen LogP contribution in [0.4, 0.5) is 0 Å². The van der Waals surface area contributed by atoms with Crippen LogP contribution in [-0.2, 0) is 6.54 Å². The third kappa shape index (κ3) is 3.67. The van der Waals surface area contributed by atoms with Gasteiger partial charge >= 0.3 is 5.97 Å². The molecular weight excluding hydrogens is 206 g/mol. The number of carbonyl (C=O) groups is 1. The van der Waals surface area contributed by atoms with E-state index in [1.807, 2.05) is 0 Å². The van der Waals surface area contributed by atoms with E-state index in [1.165, 1.54) is 12.5 Å². The van der Waals surface area contributed by atoms with Crippen LogP contribution in [0.3, 0.4) is 0 Å². The standard InChI is InChI=1S/C11H13N3O2/c1-2-3-4-5-12-7-10-9(11(15)16)6-13-8-14-10/h6,8,12H,4-5,7H2,1H3,(H,15,16). The summed E-state index contributed by atoms with van der Waals surface area (Å²) < 4.78 is 0. The molecule has 5 nitrogen and oxygen atoms in total. The Labute approximate surface area is 93.9 Å². The van der Waals surface area contributed by atoms with Crippen LogP contribution >= 0.6 is 0 Å². The molecule has 0 spiro atoms. The predicted octanol–water partition coefficient (Wildman–Crippen LogP) is 0.678. The smallest absolute Gasteiger partial charge is 0.339 e. The van der Waals surface area contributed by atoms with E-state index < -0.39 is 5.97 Å². The molecule has 0 atom stereocenters. The summed E-state index contributed by atoms with van der Waals surface area (Å²) >= 11 is 0. The fourth-order valence-corrected chi connectivity index (χ4v) is 1.16. The van der Waals surface area contributed by atoms with Crippen molar-refractivity contribution in [1.82, 2.24) is 15.3 Å². The minimum Gasteiger partial charge on any atom is -0.478 e. The molecule has 0 unspecified atom stereocenters. The van der Waals surface area contributed by atoms with Gasteiger partial charge in [-0.2, -0.15) is 0 Å². The van der Waals surface area contributed by atoms with Crippen LogP contribution in [0, 0.1) is 11.8 Å². The van der Waals surface area contributed by atoms with E-state index in [0.717, 1.165) is 6.42 Å². The lowest BCUT2D eigenvalue weighted by Gasteiger charge is -2.04. The van der Waals surface area contributed by atoms with E-state index in [1.54, 1.807) is 6.92 Å². The van der Waals surface area contributed by atoms with Crippen molar-refractivity contribution in [3.63, 3.8) is 0 Å². The van der Waals surface area contributed by atoms with Gasteiger partial charge in [0.25, 0.3) is 0 Å². The van der Waals surface area contributed by atoms with Crippen molar-refractivity contribution >= 4 is 5.97 Å². The second kappa shape index (κ2) is 6.53. The van der Waals surface area contributed by atoms with Gasteiger partial charge in [-0.25, -0.2) is 14.8 Å². The molecule has 5 heteroatoms. The number of hydrogen-bond acceptors (Lipinski definition) is 4. The van der Waals surface area contributed by atoms with Gasteiger partial charge in [0.2, 0.25) is 0 Å². The first-order chi connectivity index (χ1) is 7.75. The van der Waals surface area contributed by atoms with Crippen molar-refractivity contribution in [2.75, 3.05) is 6.54 Å². The van der Waals surface area contributed by atoms with E-state index in [9.17, 15) is 4.79 Å². The molecule has 0 aliphatic heterocycles. The molecule has 1 rings (SSSR count). The number of hydrogen-bond donors (Lipinski definition) is 2. The summed E-state index contributed by atoms with van der Waals surface area (Å²) in [6.45, 7) is 2.91. The van der Waals surface area contributed by atoms with Crippen molar-refractivity contribution < 1.29 is 9.90 Å². The Hall–Kier alpha value is -1.93. The molecule has 0 saturated carbocycles. The summed E-state index contributed by atoms with van der Waals surface area (Å²) in [5.41, 5.74) is 0.628. The third-order valence-corrected chi connectivity index (χ3v) is 1.92. The normalized spacial score (nSPS) is 9.31. The minimum absolute atomic E-state index is 0.136. The molecule has 1 aromatic rings. The summed E-state index contributed by atoms with van der Waals surface area (Å²) in [4.78, 5) is 18.4. The summed E-state index contributed by atoms with van der Waals surface area (Å²) in [5.74, 6) is 4.69. The summed E-state index contributed by atoms with van der Waals surface area (Å²) in [5, 5.41) is 12.0. The van der Waals surface area contributed by atoms with Gasteiger partial charge in [-0.05, 0) is 6.92 Å². The van der Waals surface area contributed by atoms with Gasteiger partial charge in [0, 0.05) is 25.7 Å². The molecule has 1 aromatic heterocycles. The van der Waals surface area contributed by atoms with E-state index in [0.29, 0.717) is 18.8 Å². The summed E-state index contributed by atoms with van der Waals surface area (Å²) in [7, 11) is 0. The molecule has 0 saturated heterocycles. The number of carboxylic acid groups (broad SMARTS) is 1. The molecule has 0 radical (unpaired) electrons. The Morgan fingerprint density at radius 1 is 1.62 bits per heavy atom. The Kier molecular flexibility index (Phi) is 4.96. The second-order valence-electron chi connectivity index (χ2n) is 3.04. The largest absolute Gasteiger partial charge is 0.478 e. The number of nitrogens with one attached hydrogen (secondary N) is 1. The highest BCUT2D eigenvalue weighted by molar-refractivity contribution is 5.88. The highest BCUT2D eigenvalue weighted by Gasteiger charge is 2.10. The van der Waals surface area contributed by atoms with Gasteiger partial charge in [0.1, 0.15) is 11.9 Å². The van der Waals surface area contributed by atoms with E-state index in [4.69, 9.17) is 5.11 Å². The van der Waals surface area contributed by atoms with Gasteiger partial charge in [-0.3, -0.25) is 0 Å². The van der Waals surface area contributed by atoms with Crippen molar-refractivity contribution in [2.45, 2.75) is 19.9 Å². The zero-order chi connectivity index (χ0) is 11.8. The molecule has 0 amide bonds. The fraction of sp³-hybridized carbons (Fsp3) is 0.364. The molecule has 1 heterocycles. The lowest BCUT2D eigenvalue weighted by Crippen LogP contribution is -2.18. The fourth-order valence-electron chi connectivity index (χ4n) is 1.16. The Morgan fingerprint density at radius 2 is 2.44 bits per heavy atom. The summed E-state index contributed by atoms with van der Waals surface area (Å²) in [6.07, 6.45) is 3.39. The number of nitrogens with zero attached hydrogens (tertiary/aromatic N) is 2. The highest BCUT2D eigenvalue weighted by Crippen LogP contribution is 2.02. The van der Waals surface area contributed by atoms with Gasteiger partial charge in [0.15, 0.2) is 0 Å². The first kappa shape index (κ1) is 12.1. The Morgan fingerprint density at radius 3 is 3.12 bits per heavy atom. The SMILES string of the molecule is CC#CCCNCc1ncncc1C(=O)O. The monoisotopic (exact) mass is 219 g/mol. The van der Waals surface area contributed by atoms with Crippen molar-refractivity contribution in [1.29, 1.82) is 0 Å². The zero-order valence-corrected chi connectivity index (χ0v) is 9.03. The lowest BCUT2D eigenvalue weighted by molar-refractivity contribution is 0.0694. The lowest BCUT2D eigenvalue weighted by atomic mass is 10.2. The quantitative estimate of drug-likeness (QED) is 0.562. The zero-order valence-electron chi connectivity index (χ0n) is 9.03. The van der Waals surface area contributed by atoms with Crippen LogP contribution < -0.4 is 5.32 Å². The average molecular weight is 219 g/mol. The highest BCUT2D eigenvalue weighted by atomic mass is 16.4. The molecule has 0 aliphatic rings. The molecule has 2 N–H and O–H groups in total. The van der Waals surface area contributed by atoms with Crippen LogP contribution in [0.5, 0.6) is 0 Å². The topological polar surface area (TPSA) is 75.1 Å². The maximum Gasteiger partial charge on any atom is 0.339 e. The first-order valence-corrected chi connectivity index (χ1v) is 4.88. The van der Waals surface area contributed by atoms with Gasteiger partial charge in [-0.15, -0.1) is 11.8 Å². The van der Waals surface area contributed by atoms with Crippen LogP contribution in [0.1, 0.15) is 29.4 Å². The molecule has 0 aliphatic carbocycles. The molecule has 16 heavy (non-hydrogen) atoms. The maximum absolute atomic E-state index is 10.8.